The summed E-state index contributed by atoms with van der Waals surface area (Å²) in [5, 5.41) is 14.0. The van der Waals surface area contributed by atoms with Gasteiger partial charge in [0, 0.05) is 36.9 Å². The monoisotopic (exact) mass is 286 g/mol. The number of allylic oxidation sites excluding steroid dienone is 2. The smallest absolute Gasteiger partial charge is 0.146 e. The zero-order valence-electron chi connectivity index (χ0n) is 13.2. The first-order valence-corrected chi connectivity index (χ1v) is 7.17. The van der Waals surface area contributed by atoms with Gasteiger partial charge in [-0.2, -0.15) is 10.4 Å². The normalized spacial score (nSPS) is 17.8. The fourth-order valence-electron chi connectivity index (χ4n) is 2.62. The van der Waals surface area contributed by atoms with Crippen molar-refractivity contribution in [3.8, 4) is 6.07 Å². The molecule has 0 radical (unpaired) electrons. The summed E-state index contributed by atoms with van der Waals surface area (Å²) in [6.07, 6.45) is 5.62. The molecule has 1 aliphatic rings. The number of rotatable bonds is 5. The molecule has 21 heavy (non-hydrogen) atoms. The van der Waals surface area contributed by atoms with E-state index in [1.807, 2.05) is 20.0 Å². The van der Waals surface area contributed by atoms with Gasteiger partial charge in [-0.1, -0.05) is 13.0 Å². The number of aromatic nitrogens is 2. The number of hydrogen-bond acceptors (Lipinski definition) is 4. The molecule has 0 aliphatic carbocycles. The van der Waals surface area contributed by atoms with Gasteiger partial charge in [0.2, 0.25) is 0 Å². The maximum Gasteiger partial charge on any atom is 0.146 e. The third-order valence-corrected chi connectivity index (χ3v) is 3.96. The third kappa shape index (κ3) is 3.06. The molecule has 0 N–H and O–H groups in total. The average Bonchev–Trinajstić information content (AvgIpc) is 2.76. The molecule has 0 saturated carbocycles. The summed E-state index contributed by atoms with van der Waals surface area (Å²) < 4.78 is 6.97. The van der Waals surface area contributed by atoms with Crippen LogP contribution in [0.25, 0.3) is 5.57 Å². The van der Waals surface area contributed by atoms with E-state index >= 15 is 0 Å². The van der Waals surface area contributed by atoms with Crippen LogP contribution in [-0.4, -0.2) is 36.3 Å². The molecule has 0 aromatic carbocycles. The maximum absolute atomic E-state index is 9.41. The van der Waals surface area contributed by atoms with Crippen LogP contribution >= 0.6 is 0 Å². The van der Waals surface area contributed by atoms with Gasteiger partial charge >= 0.3 is 0 Å². The summed E-state index contributed by atoms with van der Waals surface area (Å²) in [7, 11) is 3.55. The van der Waals surface area contributed by atoms with E-state index in [2.05, 4.69) is 23.1 Å². The number of aliphatic imine (C=N–C) groups is 1. The van der Waals surface area contributed by atoms with Crippen LogP contribution < -0.4 is 0 Å². The minimum Gasteiger partial charge on any atom is -0.380 e. The van der Waals surface area contributed by atoms with Crippen LogP contribution in [0.5, 0.6) is 0 Å². The summed E-state index contributed by atoms with van der Waals surface area (Å²) in [4.78, 5) is 4.09. The molecule has 0 unspecified atom stereocenters. The van der Waals surface area contributed by atoms with Crippen molar-refractivity contribution in [3.05, 3.63) is 23.0 Å². The molecule has 2 rings (SSSR count). The van der Waals surface area contributed by atoms with E-state index in [0.29, 0.717) is 5.69 Å². The van der Waals surface area contributed by atoms with Gasteiger partial charge < -0.3 is 4.74 Å². The first kappa shape index (κ1) is 15.5. The Morgan fingerprint density at radius 3 is 2.76 bits per heavy atom. The van der Waals surface area contributed by atoms with Crippen LogP contribution in [0.4, 0.5) is 0 Å². The summed E-state index contributed by atoms with van der Waals surface area (Å²) in [6.45, 7) is 5.81. The highest BCUT2D eigenvalue weighted by Crippen LogP contribution is 2.33. The summed E-state index contributed by atoms with van der Waals surface area (Å²) >= 11 is 0. The van der Waals surface area contributed by atoms with Gasteiger partial charge in [0.25, 0.3) is 0 Å². The standard InChI is InChI=1S/C16H22N4O/c1-5-12(9-18-3)15-13(19-20(4)14(15)8-17)6-7-16(2)10-21-11-16/h5,9H,6-7,10-11H2,1-4H3. The van der Waals surface area contributed by atoms with E-state index in [9.17, 15) is 5.26 Å². The molecule has 5 heteroatoms. The minimum absolute atomic E-state index is 0.247. The molecule has 0 spiro atoms. The van der Waals surface area contributed by atoms with Crippen molar-refractivity contribution in [3.63, 3.8) is 0 Å². The lowest BCUT2D eigenvalue weighted by Crippen LogP contribution is -2.40. The van der Waals surface area contributed by atoms with E-state index in [4.69, 9.17) is 4.74 Å². The number of ether oxygens (including phenoxy) is 1. The van der Waals surface area contributed by atoms with Crippen LogP contribution in [0, 0.1) is 16.7 Å². The molecule has 5 nitrogen and oxygen atoms in total. The fourth-order valence-corrected chi connectivity index (χ4v) is 2.62. The summed E-state index contributed by atoms with van der Waals surface area (Å²) in [5.74, 6) is 0. The molecule has 1 aromatic heterocycles. The van der Waals surface area contributed by atoms with Gasteiger partial charge in [0.1, 0.15) is 11.8 Å². The van der Waals surface area contributed by atoms with Crippen molar-refractivity contribution in [1.82, 2.24) is 9.78 Å². The first-order valence-electron chi connectivity index (χ1n) is 7.17. The Morgan fingerprint density at radius 2 is 2.29 bits per heavy atom. The fraction of sp³-hybridized carbons (Fsp3) is 0.562. The highest BCUT2D eigenvalue weighted by Gasteiger charge is 2.33. The molecule has 0 amide bonds. The molecule has 1 aliphatic heterocycles. The molecule has 0 bridgehead atoms. The van der Waals surface area contributed by atoms with E-state index < -0.39 is 0 Å². The van der Waals surface area contributed by atoms with Gasteiger partial charge in [-0.25, -0.2) is 0 Å². The number of aryl methyl sites for hydroxylation is 2. The van der Waals surface area contributed by atoms with Gasteiger partial charge in [-0.05, 0) is 19.8 Å². The molecule has 2 heterocycles. The Hall–Kier alpha value is -1.93. The molecule has 1 saturated heterocycles. The van der Waals surface area contributed by atoms with Gasteiger partial charge in [-0.15, -0.1) is 0 Å². The van der Waals surface area contributed by atoms with Crippen molar-refractivity contribution in [2.75, 3.05) is 20.3 Å². The second-order valence-corrected chi connectivity index (χ2v) is 5.84. The topological polar surface area (TPSA) is 63.2 Å². The molecular weight excluding hydrogens is 264 g/mol. The zero-order valence-corrected chi connectivity index (χ0v) is 13.2. The van der Waals surface area contributed by atoms with Crippen molar-refractivity contribution >= 4 is 11.8 Å². The molecule has 0 atom stereocenters. The largest absolute Gasteiger partial charge is 0.380 e. The van der Waals surface area contributed by atoms with E-state index in [1.165, 1.54) is 0 Å². The number of hydrogen-bond donors (Lipinski definition) is 0. The molecule has 1 fully saturated rings. The Balaban J connectivity index is 2.34. The quantitative estimate of drug-likeness (QED) is 0.781. The highest BCUT2D eigenvalue weighted by molar-refractivity contribution is 6.10. The van der Waals surface area contributed by atoms with Crippen LogP contribution in [0.1, 0.15) is 37.2 Å². The van der Waals surface area contributed by atoms with E-state index in [0.717, 1.165) is 42.9 Å². The van der Waals surface area contributed by atoms with Crippen molar-refractivity contribution < 1.29 is 4.74 Å². The van der Waals surface area contributed by atoms with Crippen LogP contribution in [0.15, 0.2) is 11.1 Å². The summed E-state index contributed by atoms with van der Waals surface area (Å²) in [5.41, 5.74) is 3.67. The SMILES string of the molecule is CC=C(C=NC)c1c(CCC2(C)COC2)nn(C)c1C#N. The van der Waals surface area contributed by atoms with Crippen LogP contribution in [0.3, 0.4) is 0 Å². The third-order valence-electron chi connectivity index (χ3n) is 3.96. The lowest BCUT2D eigenvalue weighted by atomic mass is 9.82. The summed E-state index contributed by atoms with van der Waals surface area (Å²) in [6, 6.07) is 2.26. The first-order chi connectivity index (χ1) is 10.0. The number of nitrogens with zero attached hydrogens (tertiary/aromatic N) is 4. The Morgan fingerprint density at radius 1 is 1.57 bits per heavy atom. The van der Waals surface area contributed by atoms with E-state index in [1.54, 1.807) is 17.9 Å². The van der Waals surface area contributed by atoms with Crippen molar-refractivity contribution in [2.45, 2.75) is 26.7 Å². The van der Waals surface area contributed by atoms with Crippen LogP contribution in [0.2, 0.25) is 0 Å². The van der Waals surface area contributed by atoms with Gasteiger partial charge in [0.05, 0.1) is 18.9 Å². The maximum atomic E-state index is 9.41. The molecular formula is C16H22N4O. The molecule has 112 valence electrons. The second-order valence-electron chi connectivity index (χ2n) is 5.84. The van der Waals surface area contributed by atoms with Crippen LogP contribution in [-0.2, 0) is 18.2 Å². The molecule has 1 aromatic rings. The lowest BCUT2D eigenvalue weighted by molar-refractivity contribution is -0.105. The lowest BCUT2D eigenvalue weighted by Gasteiger charge is -2.38. The predicted molar refractivity (Wildman–Crippen MR) is 83.2 cm³/mol. The second kappa shape index (κ2) is 6.23. The van der Waals surface area contributed by atoms with Crippen molar-refractivity contribution in [2.24, 2.45) is 17.5 Å². The minimum atomic E-state index is 0.247. The van der Waals surface area contributed by atoms with Gasteiger partial charge in [0.15, 0.2) is 0 Å². The number of nitriles is 1. The Kier molecular flexibility index (Phi) is 4.59. The van der Waals surface area contributed by atoms with Gasteiger partial charge in [-0.3, -0.25) is 9.67 Å². The highest BCUT2D eigenvalue weighted by atomic mass is 16.5. The Labute approximate surface area is 125 Å². The average molecular weight is 286 g/mol. The zero-order chi connectivity index (χ0) is 15.5. The van der Waals surface area contributed by atoms with E-state index in [-0.39, 0.29) is 5.41 Å². The Bertz CT molecular complexity index is 615. The predicted octanol–water partition coefficient (Wildman–Crippen LogP) is 2.36. The van der Waals surface area contributed by atoms with Crippen molar-refractivity contribution in [1.29, 1.82) is 5.26 Å².